The average molecular weight is 372 g/mol. The summed E-state index contributed by atoms with van der Waals surface area (Å²) in [5, 5.41) is 4.78. The average Bonchev–Trinajstić information content (AvgIpc) is 3.21. The van der Waals surface area contributed by atoms with E-state index in [0.717, 1.165) is 18.8 Å². The zero-order valence-corrected chi connectivity index (χ0v) is 15.9. The maximum Gasteiger partial charge on any atom is 0.262 e. The van der Waals surface area contributed by atoms with Crippen LogP contribution in [0.3, 0.4) is 0 Å². The van der Waals surface area contributed by atoms with Crippen LogP contribution in [0.15, 0.2) is 42.0 Å². The van der Waals surface area contributed by atoms with Gasteiger partial charge in [0.05, 0.1) is 4.88 Å². The Labute approximate surface area is 157 Å². The van der Waals surface area contributed by atoms with Gasteiger partial charge < -0.3 is 15.1 Å². The Kier molecular flexibility index (Phi) is 5.88. The molecule has 0 bridgehead atoms. The van der Waals surface area contributed by atoms with E-state index in [2.05, 4.69) is 15.2 Å². The fourth-order valence-electron chi connectivity index (χ4n) is 3.07. The second-order valence-electron chi connectivity index (χ2n) is 6.69. The molecule has 3 rings (SSSR count). The van der Waals surface area contributed by atoms with Crippen LogP contribution < -0.4 is 10.2 Å². The number of rotatable bonds is 5. The van der Waals surface area contributed by atoms with Gasteiger partial charge in [0.25, 0.3) is 5.91 Å². The van der Waals surface area contributed by atoms with Gasteiger partial charge >= 0.3 is 0 Å². The summed E-state index contributed by atoms with van der Waals surface area (Å²) in [6.45, 7) is 6.78. The lowest BCUT2D eigenvalue weighted by Gasteiger charge is -2.38. The molecule has 0 aromatic carbocycles. The van der Waals surface area contributed by atoms with Crippen molar-refractivity contribution in [3.63, 3.8) is 0 Å². The van der Waals surface area contributed by atoms with Crippen LogP contribution in [-0.4, -0.2) is 53.9 Å². The summed E-state index contributed by atoms with van der Waals surface area (Å²) in [6.07, 6.45) is 3.56. The minimum absolute atomic E-state index is 0.000663. The van der Waals surface area contributed by atoms with Crippen LogP contribution in [0, 0.1) is 5.92 Å². The van der Waals surface area contributed by atoms with Crippen molar-refractivity contribution in [2.45, 2.75) is 19.9 Å². The number of hydrogen-bond donors (Lipinski definition) is 1. The number of hydrogen-bond acceptors (Lipinski definition) is 5. The van der Waals surface area contributed by atoms with Crippen molar-refractivity contribution in [2.75, 3.05) is 31.1 Å². The fraction of sp³-hybridized carbons (Fsp3) is 0.421. The summed E-state index contributed by atoms with van der Waals surface area (Å²) >= 11 is 1.38. The topological polar surface area (TPSA) is 65.5 Å². The Morgan fingerprint density at radius 2 is 1.81 bits per heavy atom. The predicted octanol–water partition coefficient (Wildman–Crippen LogP) is 2.25. The molecule has 0 spiro atoms. The van der Waals surface area contributed by atoms with Gasteiger partial charge in [0, 0.05) is 44.3 Å². The number of carbonyl (C=O) groups excluding carboxylic acids is 2. The zero-order chi connectivity index (χ0) is 18.5. The Morgan fingerprint density at radius 1 is 1.12 bits per heavy atom. The Bertz CT molecular complexity index is 725. The van der Waals surface area contributed by atoms with Crippen LogP contribution in [0.4, 0.5) is 5.69 Å². The molecule has 6 nitrogen and oxygen atoms in total. The van der Waals surface area contributed by atoms with E-state index in [1.165, 1.54) is 11.3 Å². The zero-order valence-electron chi connectivity index (χ0n) is 15.1. The number of nitrogens with one attached hydrogen (secondary N) is 1. The SMILES string of the molecule is CC(C)[C@@H](NC(=O)c1cccs1)C(=O)N1CCN(c2ccncc2)CC1. The first-order valence-electron chi connectivity index (χ1n) is 8.84. The maximum absolute atomic E-state index is 13.0. The van der Waals surface area contributed by atoms with Crippen LogP contribution in [0.1, 0.15) is 23.5 Å². The van der Waals surface area contributed by atoms with E-state index in [-0.39, 0.29) is 17.7 Å². The van der Waals surface area contributed by atoms with Gasteiger partial charge in [0.1, 0.15) is 6.04 Å². The summed E-state index contributed by atoms with van der Waals surface area (Å²) in [7, 11) is 0. The molecule has 2 amide bonds. The van der Waals surface area contributed by atoms with Gasteiger partial charge in [-0.25, -0.2) is 0 Å². The largest absolute Gasteiger partial charge is 0.368 e. The smallest absolute Gasteiger partial charge is 0.262 e. The molecular weight excluding hydrogens is 348 g/mol. The summed E-state index contributed by atoms with van der Waals surface area (Å²) in [5.74, 6) is -0.147. The molecular formula is C19H24N4O2S. The van der Waals surface area contributed by atoms with Crippen molar-refractivity contribution < 1.29 is 9.59 Å². The van der Waals surface area contributed by atoms with Gasteiger partial charge in [-0.05, 0) is 29.5 Å². The van der Waals surface area contributed by atoms with Crippen molar-refractivity contribution in [1.29, 1.82) is 0 Å². The van der Waals surface area contributed by atoms with Gasteiger partial charge in [-0.3, -0.25) is 14.6 Å². The van der Waals surface area contributed by atoms with Crippen molar-refractivity contribution >= 4 is 28.8 Å². The second kappa shape index (κ2) is 8.31. The van der Waals surface area contributed by atoms with E-state index >= 15 is 0 Å². The number of thiophene rings is 1. The third-order valence-electron chi connectivity index (χ3n) is 4.58. The Hall–Kier alpha value is -2.41. The summed E-state index contributed by atoms with van der Waals surface area (Å²) in [5.41, 5.74) is 1.12. The lowest BCUT2D eigenvalue weighted by molar-refractivity contribution is -0.134. The molecule has 1 fully saturated rings. The van der Waals surface area contributed by atoms with E-state index in [0.29, 0.717) is 18.0 Å². The molecule has 1 saturated heterocycles. The molecule has 26 heavy (non-hydrogen) atoms. The predicted molar refractivity (Wildman–Crippen MR) is 103 cm³/mol. The molecule has 2 aromatic heterocycles. The molecule has 1 N–H and O–H groups in total. The molecule has 138 valence electrons. The number of amides is 2. The molecule has 2 aromatic rings. The number of piperazine rings is 1. The van der Waals surface area contributed by atoms with Gasteiger partial charge in [-0.15, -0.1) is 11.3 Å². The molecule has 1 aliphatic heterocycles. The monoisotopic (exact) mass is 372 g/mol. The van der Waals surface area contributed by atoms with E-state index in [9.17, 15) is 9.59 Å². The third-order valence-corrected chi connectivity index (χ3v) is 5.45. The molecule has 7 heteroatoms. The highest BCUT2D eigenvalue weighted by molar-refractivity contribution is 7.12. The van der Waals surface area contributed by atoms with Crippen molar-refractivity contribution in [3.8, 4) is 0 Å². The Balaban J connectivity index is 1.60. The Morgan fingerprint density at radius 3 is 2.38 bits per heavy atom. The number of nitrogens with zero attached hydrogens (tertiary/aromatic N) is 3. The summed E-state index contributed by atoms with van der Waals surface area (Å²) < 4.78 is 0. The second-order valence-corrected chi connectivity index (χ2v) is 7.64. The number of aromatic nitrogens is 1. The standard InChI is InChI=1S/C19H24N4O2S/c1-14(2)17(21-18(24)16-4-3-13-26-16)19(25)23-11-9-22(10-12-23)15-5-7-20-8-6-15/h3-8,13-14,17H,9-12H2,1-2H3,(H,21,24)/t17-/m1/s1. The lowest BCUT2D eigenvalue weighted by atomic mass is 10.0. The molecule has 0 saturated carbocycles. The minimum Gasteiger partial charge on any atom is -0.368 e. The molecule has 1 atom stereocenters. The summed E-state index contributed by atoms with van der Waals surface area (Å²) in [6, 6.07) is 7.07. The lowest BCUT2D eigenvalue weighted by Crippen LogP contribution is -2.56. The molecule has 0 unspecified atom stereocenters. The molecule has 3 heterocycles. The van der Waals surface area contributed by atoms with Crippen LogP contribution in [0.5, 0.6) is 0 Å². The van der Waals surface area contributed by atoms with Gasteiger partial charge in [0.2, 0.25) is 5.91 Å². The van der Waals surface area contributed by atoms with Crippen molar-refractivity contribution in [1.82, 2.24) is 15.2 Å². The van der Waals surface area contributed by atoms with Crippen molar-refractivity contribution in [3.05, 3.63) is 46.9 Å². The van der Waals surface area contributed by atoms with E-state index in [4.69, 9.17) is 0 Å². The van der Waals surface area contributed by atoms with E-state index < -0.39 is 6.04 Å². The van der Waals surface area contributed by atoms with E-state index in [1.54, 1.807) is 18.5 Å². The first-order chi connectivity index (χ1) is 12.6. The molecule has 1 aliphatic rings. The summed E-state index contributed by atoms with van der Waals surface area (Å²) in [4.78, 5) is 34.1. The van der Waals surface area contributed by atoms with Crippen LogP contribution in [0.25, 0.3) is 0 Å². The first-order valence-corrected chi connectivity index (χ1v) is 9.72. The number of pyridine rings is 1. The fourth-order valence-corrected chi connectivity index (χ4v) is 3.70. The number of anilines is 1. The van der Waals surface area contributed by atoms with Gasteiger partial charge in [0.15, 0.2) is 0 Å². The quantitative estimate of drug-likeness (QED) is 0.874. The highest BCUT2D eigenvalue weighted by atomic mass is 32.1. The first kappa shape index (κ1) is 18.4. The molecule has 0 radical (unpaired) electrons. The minimum atomic E-state index is -0.503. The van der Waals surface area contributed by atoms with Gasteiger partial charge in [-0.2, -0.15) is 0 Å². The van der Waals surface area contributed by atoms with Crippen LogP contribution in [0.2, 0.25) is 0 Å². The third kappa shape index (κ3) is 4.22. The molecule has 0 aliphatic carbocycles. The number of carbonyl (C=O) groups is 2. The van der Waals surface area contributed by atoms with Gasteiger partial charge in [-0.1, -0.05) is 19.9 Å². The van der Waals surface area contributed by atoms with E-state index in [1.807, 2.05) is 42.3 Å². The normalized spacial score (nSPS) is 15.8. The highest BCUT2D eigenvalue weighted by Crippen LogP contribution is 2.17. The maximum atomic E-state index is 13.0. The van der Waals surface area contributed by atoms with Crippen molar-refractivity contribution in [2.24, 2.45) is 5.92 Å². The highest BCUT2D eigenvalue weighted by Gasteiger charge is 2.31. The van der Waals surface area contributed by atoms with Crippen LogP contribution in [-0.2, 0) is 4.79 Å². The van der Waals surface area contributed by atoms with Crippen LogP contribution >= 0.6 is 11.3 Å².